The summed E-state index contributed by atoms with van der Waals surface area (Å²) in [5.41, 5.74) is 1.82. The Labute approximate surface area is 95.6 Å². The molecule has 16 heavy (non-hydrogen) atoms. The highest BCUT2D eigenvalue weighted by atomic mass is 14.7. The fraction of sp³-hybridized carbons (Fsp3) is 0.286. The molecule has 0 radical (unpaired) electrons. The van der Waals surface area contributed by atoms with E-state index in [9.17, 15) is 0 Å². The predicted octanol–water partition coefficient (Wildman–Crippen LogP) is 3.62. The number of rotatable bonds is 2. The van der Waals surface area contributed by atoms with Crippen molar-refractivity contribution in [3.63, 3.8) is 0 Å². The number of nitrogens with zero attached hydrogens (tertiary/aromatic N) is 2. The molecule has 0 aliphatic heterocycles. The van der Waals surface area contributed by atoms with Crippen LogP contribution in [0.25, 0.3) is 10.8 Å². The molecular weight excluding hydrogens is 196 g/mol. The van der Waals surface area contributed by atoms with Crippen LogP contribution >= 0.6 is 0 Å². The Hall–Kier alpha value is -1.88. The van der Waals surface area contributed by atoms with Gasteiger partial charge in [0.25, 0.3) is 0 Å². The minimum absolute atomic E-state index is 0.512. The summed E-state index contributed by atoms with van der Waals surface area (Å²) >= 11 is 0. The second kappa shape index (κ2) is 4.32. The van der Waals surface area contributed by atoms with E-state index >= 15 is 0 Å². The summed E-state index contributed by atoms with van der Waals surface area (Å²) in [5, 5.41) is 11.1. The molecular formula is C14H14N2. The molecule has 0 aliphatic rings. The van der Waals surface area contributed by atoms with Crippen LogP contribution in [0.5, 0.6) is 0 Å². The normalized spacial score (nSPS) is 12.3. The molecule has 2 nitrogen and oxygen atoms in total. The van der Waals surface area contributed by atoms with E-state index in [1.807, 2.05) is 18.2 Å². The molecule has 1 aromatic carbocycles. The molecule has 80 valence electrons. The first-order valence-electron chi connectivity index (χ1n) is 5.55. The van der Waals surface area contributed by atoms with Crippen molar-refractivity contribution < 1.29 is 0 Å². The van der Waals surface area contributed by atoms with Crippen molar-refractivity contribution in [3.8, 4) is 6.07 Å². The molecule has 0 fully saturated rings. The lowest BCUT2D eigenvalue weighted by atomic mass is 9.93. The number of nitriles is 1. The molecule has 0 spiro atoms. The Kier molecular flexibility index (Phi) is 2.87. The van der Waals surface area contributed by atoms with Gasteiger partial charge in [-0.2, -0.15) is 5.26 Å². The van der Waals surface area contributed by atoms with Gasteiger partial charge in [0.05, 0.1) is 0 Å². The van der Waals surface area contributed by atoms with Crippen molar-refractivity contribution in [2.24, 2.45) is 0 Å². The second-order valence-electron chi connectivity index (χ2n) is 4.02. The van der Waals surface area contributed by atoms with E-state index in [-0.39, 0.29) is 0 Å². The van der Waals surface area contributed by atoms with Gasteiger partial charge in [-0.25, -0.2) is 4.98 Å². The van der Waals surface area contributed by atoms with Gasteiger partial charge in [-0.15, -0.1) is 0 Å². The zero-order valence-electron chi connectivity index (χ0n) is 9.57. The Morgan fingerprint density at radius 1 is 1.31 bits per heavy atom. The van der Waals surface area contributed by atoms with E-state index in [4.69, 9.17) is 5.26 Å². The number of pyridine rings is 1. The largest absolute Gasteiger partial charge is 0.245 e. The van der Waals surface area contributed by atoms with Gasteiger partial charge in [0, 0.05) is 11.6 Å². The highest BCUT2D eigenvalue weighted by molar-refractivity contribution is 5.89. The van der Waals surface area contributed by atoms with Gasteiger partial charge < -0.3 is 0 Å². The van der Waals surface area contributed by atoms with Gasteiger partial charge in [0.1, 0.15) is 11.8 Å². The number of hydrogen-bond acceptors (Lipinski definition) is 2. The maximum Gasteiger partial charge on any atom is 0.148 e. The molecule has 2 rings (SSSR count). The van der Waals surface area contributed by atoms with Gasteiger partial charge in [0.2, 0.25) is 0 Å². The Balaban J connectivity index is 2.75. The van der Waals surface area contributed by atoms with Crippen molar-refractivity contribution in [1.82, 2.24) is 4.98 Å². The van der Waals surface area contributed by atoms with E-state index in [1.165, 1.54) is 5.56 Å². The monoisotopic (exact) mass is 210 g/mol. The van der Waals surface area contributed by atoms with Crippen LogP contribution in [0.3, 0.4) is 0 Å². The molecule has 0 amide bonds. The van der Waals surface area contributed by atoms with Crippen molar-refractivity contribution in [2.45, 2.75) is 26.2 Å². The predicted molar refractivity (Wildman–Crippen MR) is 65.2 cm³/mol. The van der Waals surface area contributed by atoms with Crippen LogP contribution in [0, 0.1) is 11.3 Å². The molecule has 0 N–H and O–H groups in total. The molecule has 0 bridgehead atoms. The highest BCUT2D eigenvalue weighted by Gasteiger charge is 2.09. The molecule has 2 heteroatoms. The lowest BCUT2D eigenvalue weighted by Gasteiger charge is -2.12. The summed E-state index contributed by atoms with van der Waals surface area (Å²) in [7, 11) is 0. The van der Waals surface area contributed by atoms with E-state index in [0.29, 0.717) is 11.6 Å². The van der Waals surface area contributed by atoms with Gasteiger partial charge in [-0.1, -0.05) is 32.0 Å². The van der Waals surface area contributed by atoms with Crippen LogP contribution in [-0.4, -0.2) is 4.98 Å². The Morgan fingerprint density at radius 2 is 2.12 bits per heavy atom. The van der Waals surface area contributed by atoms with E-state index in [0.717, 1.165) is 17.2 Å². The molecule has 0 saturated heterocycles. The van der Waals surface area contributed by atoms with Crippen LogP contribution < -0.4 is 0 Å². The number of aromatic nitrogens is 1. The maximum atomic E-state index is 9.01. The molecule has 0 aliphatic carbocycles. The standard InChI is InChI=1S/C14H14N2/c1-3-10(2)11-5-4-6-13-12(11)7-8-16-14(13)9-15/h4-8,10H,3H2,1-2H3. The lowest BCUT2D eigenvalue weighted by Crippen LogP contribution is -1.94. The van der Waals surface area contributed by atoms with E-state index < -0.39 is 0 Å². The molecule has 1 atom stereocenters. The van der Waals surface area contributed by atoms with Crippen molar-refractivity contribution >= 4 is 10.8 Å². The SMILES string of the molecule is CCC(C)c1cccc2c(C#N)nccc12. The summed E-state index contributed by atoms with van der Waals surface area (Å²) in [6.07, 6.45) is 2.82. The van der Waals surface area contributed by atoms with Crippen molar-refractivity contribution in [1.29, 1.82) is 5.26 Å². The van der Waals surface area contributed by atoms with Gasteiger partial charge in [-0.05, 0) is 29.4 Å². The Bertz CT molecular complexity index is 552. The van der Waals surface area contributed by atoms with E-state index in [1.54, 1.807) is 6.20 Å². The zero-order chi connectivity index (χ0) is 11.5. The van der Waals surface area contributed by atoms with Gasteiger partial charge in [-0.3, -0.25) is 0 Å². The fourth-order valence-electron chi connectivity index (χ4n) is 1.97. The second-order valence-corrected chi connectivity index (χ2v) is 4.02. The third kappa shape index (κ3) is 1.65. The number of fused-ring (bicyclic) bond motifs is 1. The average molecular weight is 210 g/mol. The summed E-state index contributed by atoms with van der Waals surface area (Å²) in [6.45, 7) is 4.39. The lowest BCUT2D eigenvalue weighted by molar-refractivity contribution is 0.739. The van der Waals surface area contributed by atoms with Crippen LogP contribution in [0.1, 0.15) is 37.4 Å². The van der Waals surface area contributed by atoms with Gasteiger partial charge >= 0.3 is 0 Å². The summed E-state index contributed by atoms with van der Waals surface area (Å²) in [5.74, 6) is 0.512. The topological polar surface area (TPSA) is 36.7 Å². The van der Waals surface area contributed by atoms with Crippen molar-refractivity contribution in [2.75, 3.05) is 0 Å². The maximum absolute atomic E-state index is 9.01. The number of benzene rings is 1. The Morgan fingerprint density at radius 3 is 2.81 bits per heavy atom. The summed E-state index contributed by atoms with van der Waals surface area (Å²) in [4.78, 5) is 4.09. The van der Waals surface area contributed by atoms with Crippen molar-refractivity contribution in [3.05, 3.63) is 41.7 Å². The third-order valence-corrected chi connectivity index (χ3v) is 3.09. The highest BCUT2D eigenvalue weighted by Crippen LogP contribution is 2.28. The minimum atomic E-state index is 0.512. The first-order valence-corrected chi connectivity index (χ1v) is 5.55. The smallest absolute Gasteiger partial charge is 0.148 e. The number of hydrogen-bond donors (Lipinski definition) is 0. The van der Waals surface area contributed by atoms with Crippen LogP contribution in [0.2, 0.25) is 0 Å². The molecule has 2 aromatic rings. The van der Waals surface area contributed by atoms with Crippen LogP contribution in [0.4, 0.5) is 0 Å². The minimum Gasteiger partial charge on any atom is -0.245 e. The van der Waals surface area contributed by atoms with Crippen LogP contribution in [-0.2, 0) is 0 Å². The van der Waals surface area contributed by atoms with Crippen LogP contribution in [0.15, 0.2) is 30.5 Å². The van der Waals surface area contributed by atoms with E-state index in [2.05, 4.69) is 31.0 Å². The first-order chi connectivity index (χ1) is 7.77. The molecule has 0 saturated carbocycles. The molecule has 1 heterocycles. The molecule has 1 aromatic heterocycles. The zero-order valence-corrected chi connectivity index (χ0v) is 9.57. The first kappa shape index (κ1) is 10.6. The van der Waals surface area contributed by atoms with Gasteiger partial charge in [0.15, 0.2) is 0 Å². The molecule has 1 unspecified atom stereocenters. The average Bonchev–Trinajstić information content (AvgIpc) is 2.36. The quantitative estimate of drug-likeness (QED) is 0.759. The summed E-state index contributed by atoms with van der Waals surface area (Å²) in [6, 6.07) is 10.2. The summed E-state index contributed by atoms with van der Waals surface area (Å²) < 4.78 is 0. The third-order valence-electron chi connectivity index (χ3n) is 3.09. The fourth-order valence-corrected chi connectivity index (χ4v) is 1.97.